The first kappa shape index (κ1) is 13.5. The van der Waals surface area contributed by atoms with E-state index in [-0.39, 0.29) is 5.82 Å². The fourth-order valence-electron chi connectivity index (χ4n) is 2.74. The van der Waals surface area contributed by atoms with Crippen molar-refractivity contribution >= 4 is 0 Å². The summed E-state index contributed by atoms with van der Waals surface area (Å²) in [5.41, 5.74) is 1.23. The number of rotatable bonds is 5. The van der Waals surface area contributed by atoms with Crippen LogP contribution in [-0.2, 0) is 6.42 Å². The number of piperidine rings is 1. The Bertz CT molecular complexity index is 348. The van der Waals surface area contributed by atoms with Gasteiger partial charge in [0.1, 0.15) is 5.82 Å². The number of benzene rings is 1. The minimum absolute atomic E-state index is 0.148. The van der Waals surface area contributed by atoms with Gasteiger partial charge in [0.15, 0.2) is 0 Å². The zero-order valence-electron chi connectivity index (χ0n) is 11.2. The van der Waals surface area contributed by atoms with Crippen molar-refractivity contribution in [1.82, 2.24) is 10.2 Å². The first-order valence-electron chi connectivity index (χ1n) is 6.92. The van der Waals surface area contributed by atoms with Crippen molar-refractivity contribution < 1.29 is 4.39 Å². The SMILES string of the molecule is CNCC1CCCCN1CCc1ccc(F)cc1. The highest BCUT2D eigenvalue weighted by atomic mass is 19.1. The molecule has 1 N–H and O–H groups in total. The molecule has 1 aromatic rings. The molecule has 18 heavy (non-hydrogen) atoms. The van der Waals surface area contributed by atoms with Gasteiger partial charge in [-0.2, -0.15) is 0 Å². The quantitative estimate of drug-likeness (QED) is 0.863. The third-order valence-electron chi connectivity index (χ3n) is 3.79. The maximum Gasteiger partial charge on any atom is 0.123 e. The van der Waals surface area contributed by atoms with E-state index < -0.39 is 0 Å². The van der Waals surface area contributed by atoms with Crippen molar-refractivity contribution in [2.75, 3.05) is 26.7 Å². The lowest BCUT2D eigenvalue weighted by Crippen LogP contribution is -2.45. The largest absolute Gasteiger partial charge is 0.318 e. The van der Waals surface area contributed by atoms with Gasteiger partial charge in [-0.3, -0.25) is 4.90 Å². The minimum atomic E-state index is -0.148. The van der Waals surface area contributed by atoms with Gasteiger partial charge in [0.2, 0.25) is 0 Å². The predicted molar refractivity (Wildman–Crippen MR) is 73.2 cm³/mol. The Morgan fingerprint density at radius 1 is 1.28 bits per heavy atom. The second-order valence-electron chi connectivity index (χ2n) is 5.12. The molecule has 0 bridgehead atoms. The molecule has 2 nitrogen and oxygen atoms in total. The molecule has 0 aliphatic carbocycles. The van der Waals surface area contributed by atoms with Crippen molar-refractivity contribution in [1.29, 1.82) is 0 Å². The smallest absolute Gasteiger partial charge is 0.123 e. The third kappa shape index (κ3) is 3.79. The summed E-state index contributed by atoms with van der Waals surface area (Å²) in [5, 5.41) is 3.28. The van der Waals surface area contributed by atoms with Crippen LogP contribution in [0, 0.1) is 5.82 Å². The molecule has 0 spiro atoms. The second kappa shape index (κ2) is 6.86. The number of hydrogen-bond acceptors (Lipinski definition) is 2. The zero-order valence-corrected chi connectivity index (χ0v) is 11.2. The summed E-state index contributed by atoms with van der Waals surface area (Å²) < 4.78 is 12.8. The maximum atomic E-state index is 12.8. The molecule has 2 rings (SSSR count). The highest BCUT2D eigenvalue weighted by Gasteiger charge is 2.20. The Hall–Kier alpha value is -0.930. The third-order valence-corrected chi connectivity index (χ3v) is 3.79. The Morgan fingerprint density at radius 2 is 2.06 bits per heavy atom. The van der Waals surface area contributed by atoms with Crippen LogP contribution in [0.5, 0.6) is 0 Å². The van der Waals surface area contributed by atoms with E-state index in [1.807, 2.05) is 19.2 Å². The molecular formula is C15H23FN2. The van der Waals surface area contributed by atoms with Crippen molar-refractivity contribution in [2.24, 2.45) is 0 Å². The Morgan fingerprint density at radius 3 is 2.78 bits per heavy atom. The predicted octanol–water partition coefficient (Wildman–Crippen LogP) is 2.44. The lowest BCUT2D eigenvalue weighted by molar-refractivity contribution is 0.149. The van der Waals surface area contributed by atoms with Gasteiger partial charge in [-0.05, 0) is 50.6 Å². The van der Waals surface area contributed by atoms with E-state index >= 15 is 0 Å². The average Bonchev–Trinajstić information content (AvgIpc) is 2.40. The Balaban J connectivity index is 1.85. The monoisotopic (exact) mass is 250 g/mol. The highest BCUT2D eigenvalue weighted by molar-refractivity contribution is 5.16. The summed E-state index contributed by atoms with van der Waals surface area (Å²) in [4.78, 5) is 2.57. The summed E-state index contributed by atoms with van der Waals surface area (Å²) in [6.07, 6.45) is 4.97. The van der Waals surface area contributed by atoms with Crippen molar-refractivity contribution in [3.63, 3.8) is 0 Å². The van der Waals surface area contributed by atoms with E-state index in [0.29, 0.717) is 6.04 Å². The van der Waals surface area contributed by atoms with E-state index in [0.717, 1.165) is 19.5 Å². The summed E-state index contributed by atoms with van der Waals surface area (Å²) in [6.45, 7) is 3.36. The van der Waals surface area contributed by atoms with Crippen LogP contribution in [-0.4, -0.2) is 37.6 Å². The lowest BCUT2D eigenvalue weighted by Gasteiger charge is -2.35. The van der Waals surface area contributed by atoms with Crippen molar-refractivity contribution in [3.8, 4) is 0 Å². The summed E-state index contributed by atoms with van der Waals surface area (Å²) >= 11 is 0. The Labute approximate surface area is 109 Å². The summed E-state index contributed by atoms with van der Waals surface area (Å²) in [6, 6.07) is 7.57. The normalized spacial score (nSPS) is 21.1. The first-order valence-corrected chi connectivity index (χ1v) is 6.92. The van der Waals surface area contributed by atoms with Gasteiger partial charge in [0.25, 0.3) is 0 Å². The van der Waals surface area contributed by atoms with Gasteiger partial charge in [0.05, 0.1) is 0 Å². The fourth-order valence-corrected chi connectivity index (χ4v) is 2.74. The first-order chi connectivity index (χ1) is 8.79. The van der Waals surface area contributed by atoms with Crippen molar-refractivity contribution in [2.45, 2.75) is 31.7 Å². The zero-order chi connectivity index (χ0) is 12.8. The molecule has 0 radical (unpaired) electrons. The summed E-state index contributed by atoms with van der Waals surface area (Å²) in [5.74, 6) is -0.148. The molecule has 100 valence electrons. The van der Waals surface area contributed by atoms with Gasteiger partial charge >= 0.3 is 0 Å². The molecule has 1 fully saturated rings. The molecule has 1 aliphatic heterocycles. The van der Waals surface area contributed by atoms with Crippen LogP contribution < -0.4 is 5.32 Å². The van der Waals surface area contributed by atoms with Gasteiger partial charge in [-0.1, -0.05) is 18.6 Å². The van der Waals surface area contributed by atoms with Gasteiger partial charge in [0, 0.05) is 19.1 Å². The topological polar surface area (TPSA) is 15.3 Å². The number of likely N-dealkylation sites (N-methyl/N-ethyl adjacent to an activating group) is 1. The molecule has 1 heterocycles. The molecule has 1 aliphatic rings. The van der Waals surface area contributed by atoms with Crippen LogP contribution >= 0.6 is 0 Å². The molecule has 0 amide bonds. The molecule has 1 atom stereocenters. The number of halogens is 1. The van der Waals surface area contributed by atoms with Crippen LogP contribution in [0.15, 0.2) is 24.3 Å². The molecule has 1 aromatic carbocycles. The fraction of sp³-hybridized carbons (Fsp3) is 0.600. The van der Waals surface area contributed by atoms with E-state index in [4.69, 9.17) is 0 Å². The summed E-state index contributed by atoms with van der Waals surface area (Å²) in [7, 11) is 2.02. The molecule has 3 heteroatoms. The van der Waals surface area contributed by atoms with E-state index in [9.17, 15) is 4.39 Å². The Kier molecular flexibility index (Phi) is 5.14. The molecule has 1 unspecified atom stereocenters. The van der Waals surface area contributed by atoms with Crippen molar-refractivity contribution in [3.05, 3.63) is 35.6 Å². The lowest BCUT2D eigenvalue weighted by atomic mass is 10.0. The van der Waals surface area contributed by atoms with Crippen LogP contribution in [0.3, 0.4) is 0 Å². The highest BCUT2D eigenvalue weighted by Crippen LogP contribution is 2.17. The van der Waals surface area contributed by atoms with E-state index in [1.54, 1.807) is 12.1 Å². The average molecular weight is 250 g/mol. The van der Waals surface area contributed by atoms with Crippen LogP contribution in [0.1, 0.15) is 24.8 Å². The number of likely N-dealkylation sites (tertiary alicyclic amines) is 1. The second-order valence-corrected chi connectivity index (χ2v) is 5.12. The number of nitrogens with one attached hydrogen (secondary N) is 1. The van der Waals surface area contributed by atoms with Gasteiger partial charge < -0.3 is 5.32 Å². The van der Waals surface area contributed by atoms with Gasteiger partial charge in [-0.15, -0.1) is 0 Å². The minimum Gasteiger partial charge on any atom is -0.318 e. The molecular weight excluding hydrogens is 227 g/mol. The standard InChI is InChI=1S/C15H23FN2/c1-17-12-15-4-2-3-10-18(15)11-9-13-5-7-14(16)8-6-13/h5-8,15,17H,2-4,9-12H2,1H3. The number of hydrogen-bond donors (Lipinski definition) is 1. The van der Waals surface area contributed by atoms with Gasteiger partial charge in [-0.25, -0.2) is 4.39 Å². The van der Waals surface area contributed by atoms with E-state index in [2.05, 4.69) is 10.2 Å². The van der Waals surface area contributed by atoms with E-state index in [1.165, 1.54) is 31.4 Å². The molecule has 0 saturated carbocycles. The molecule has 0 aromatic heterocycles. The van der Waals surface area contributed by atoms with Crippen LogP contribution in [0.25, 0.3) is 0 Å². The molecule has 1 saturated heterocycles. The van der Waals surface area contributed by atoms with Crippen LogP contribution in [0.4, 0.5) is 4.39 Å². The van der Waals surface area contributed by atoms with Crippen LogP contribution in [0.2, 0.25) is 0 Å². The number of nitrogens with zero attached hydrogens (tertiary/aromatic N) is 1. The maximum absolute atomic E-state index is 12.8.